The van der Waals surface area contributed by atoms with Crippen molar-refractivity contribution in [3.05, 3.63) is 65.4 Å². The molecule has 0 saturated heterocycles. The van der Waals surface area contributed by atoms with Crippen LogP contribution in [0.1, 0.15) is 48.9 Å². The van der Waals surface area contributed by atoms with Crippen LogP contribution in [0.2, 0.25) is 0 Å². The van der Waals surface area contributed by atoms with Crippen LogP contribution in [-0.2, 0) is 16.8 Å². The molecular weight excluding hydrogens is 400 g/mol. The molecule has 6 nitrogen and oxygen atoms in total. The predicted molar refractivity (Wildman–Crippen MR) is 125 cm³/mol. The Kier molecular flexibility index (Phi) is 4.32. The molecule has 1 atom stereocenters. The first kappa shape index (κ1) is 19.4. The van der Waals surface area contributed by atoms with E-state index in [0.717, 1.165) is 65.5 Å². The Morgan fingerprint density at radius 3 is 2.66 bits per heavy atom. The van der Waals surface area contributed by atoms with Gasteiger partial charge in [0.25, 0.3) is 5.91 Å². The molecule has 3 amide bonds. The second kappa shape index (κ2) is 7.12. The lowest BCUT2D eigenvalue weighted by Gasteiger charge is -2.44. The van der Waals surface area contributed by atoms with Gasteiger partial charge in [-0.15, -0.1) is 0 Å². The highest BCUT2D eigenvalue weighted by molar-refractivity contribution is 6.12. The summed E-state index contributed by atoms with van der Waals surface area (Å²) in [4.78, 5) is 34.9. The fraction of sp³-hybridized carbons (Fsp3) is 0.385. The number of fused-ring (bicyclic) bond motifs is 6. The predicted octanol–water partition coefficient (Wildman–Crippen LogP) is 4.29. The third kappa shape index (κ3) is 2.52. The van der Waals surface area contributed by atoms with Crippen LogP contribution in [0.25, 0.3) is 10.9 Å². The summed E-state index contributed by atoms with van der Waals surface area (Å²) in [5, 5.41) is 4.41. The highest BCUT2D eigenvalue weighted by atomic mass is 16.2. The summed E-state index contributed by atoms with van der Waals surface area (Å²) in [5.74, 6) is -0.0787. The third-order valence-electron chi connectivity index (χ3n) is 7.61. The molecule has 0 radical (unpaired) electrons. The van der Waals surface area contributed by atoms with Crippen LogP contribution in [0.15, 0.2) is 48.5 Å². The van der Waals surface area contributed by atoms with Crippen LogP contribution >= 0.6 is 0 Å². The maximum absolute atomic E-state index is 14.1. The minimum atomic E-state index is -1.17. The standard InChI is InChI=1S/C26H28N4O2/c1-29-22-14-8-6-12-20(22)26(24(29)31)23-19(18-11-5-7-13-21(18)28-23)15-16-30(26)25(32)27-17-9-3-2-4-10-17/h5-8,11-14,17,28H,2-4,9-10,15-16H2,1H3,(H,27,32). The monoisotopic (exact) mass is 428 g/mol. The smallest absolute Gasteiger partial charge is 0.319 e. The summed E-state index contributed by atoms with van der Waals surface area (Å²) in [6, 6.07) is 16.1. The van der Waals surface area contributed by atoms with Crippen molar-refractivity contribution in [2.45, 2.75) is 50.1 Å². The zero-order valence-corrected chi connectivity index (χ0v) is 18.4. The van der Waals surface area contributed by atoms with Gasteiger partial charge in [0, 0.05) is 41.8 Å². The van der Waals surface area contributed by atoms with E-state index in [1.807, 2.05) is 49.5 Å². The van der Waals surface area contributed by atoms with Gasteiger partial charge >= 0.3 is 6.03 Å². The van der Waals surface area contributed by atoms with E-state index < -0.39 is 5.54 Å². The number of nitrogens with zero attached hydrogens (tertiary/aromatic N) is 2. The lowest BCUT2D eigenvalue weighted by Crippen LogP contribution is -2.62. The van der Waals surface area contributed by atoms with Crippen LogP contribution in [0.5, 0.6) is 0 Å². The van der Waals surface area contributed by atoms with Gasteiger partial charge in [-0.2, -0.15) is 0 Å². The molecule has 3 aliphatic rings. The second-order valence-corrected chi connectivity index (χ2v) is 9.30. The SMILES string of the molecule is CN1C(=O)C2(c3ccccc31)c1[nH]c3ccccc3c1CCN2C(=O)NC1CCCCC1. The van der Waals surface area contributed by atoms with Crippen molar-refractivity contribution in [2.75, 3.05) is 18.5 Å². The van der Waals surface area contributed by atoms with E-state index in [0.29, 0.717) is 6.54 Å². The molecule has 6 rings (SSSR count). The number of hydrogen-bond donors (Lipinski definition) is 2. The molecule has 1 spiro atoms. The molecule has 1 fully saturated rings. The summed E-state index contributed by atoms with van der Waals surface area (Å²) < 4.78 is 0. The number of H-pyrrole nitrogens is 1. The molecule has 2 aliphatic heterocycles. The highest BCUT2D eigenvalue weighted by Crippen LogP contribution is 2.51. The minimum Gasteiger partial charge on any atom is -0.355 e. The fourth-order valence-corrected chi connectivity index (χ4v) is 6.09. The Labute approximate surface area is 187 Å². The Bertz CT molecular complexity index is 1230. The molecule has 2 N–H and O–H groups in total. The van der Waals surface area contributed by atoms with E-state index in [1.54, 1.807) is 9.80 Å². The molecule has 0 bridgehead atoms. The molecule has 3 aromatic rings. The summed E-state index contributed by atoms with van der Waals surface area (Å²) in [5.41, 5.74) is 3.55. The minimum absolute atomic E-state index is 0.0787. The number of anilines is 1. The number of carbonyl (C=O) groups is 2. The zero-order chi connectivity index (χ0) is 21.9. The van der Waals surface area contributed by atoms with Crippen molar-refractivity contribution >= 4 is 28.5 Å². The summed E-state index contributed by atoms with van der Waals surface area (Å²) >= 11 is 0. The number of benzene rings is 2. The quantitative estimate of drug-likeness (QED) is 0.607. The number of aromatic amines is 1. The normalized spacial score (nSPS) is 23.0. The molecule has 3 heterocycles. The van der Waals surface area contributed by atoms with Crippen LogP contribution in [-0.4, -0.2) is 41.5 Å². The Balaban J connectivity index is 1.55. The topological polar surface area (TPSA) is 68.4 Å². The first-order valence-corrected chi connectivity index (χ1v) is 11.7. The number of urea groups is 1. The molecule has 1 unspecified atom stereocenters. The molecule has 32 heavy (non-hydrogen) atoms. The number of nitrogens with one attached hydrogen (secondary N) is 2. The van der Waals surface area contributed by atoms with Crippen molar-refractivity contribution in [3.8, 4) is 0 Å². The van der Waals surface area contributed by atoms with E-state index in [2.05, 4.69) is 16.4 Å². The average molecular weight is 429 g/mol. The summed E-state index contributed by atoms with van der Waals surface area (Å²) in [7, 11) is 1.81. The van der Waals surface area contributed by atoms with E-state index in [4.69, 9.17) is 0 Å². The number of amides is 3. The maximum atomic E-state index is 14.1. The van der Waals surface area contributed by atoms with Gasteiger partial charge in [0.2, 0.25) is 0 Å². The largest absolute Gasteiger partial charge is 0.355 e. The molecular formula is C26H28N4O2. The van der Waals surface area contributed by atoms with E-state index >= 15 is 0 Å². The Morgan fingerprint density at radius 1 is 1.06 bits per heavy atom. The van der Waals surface area contributed by atoms with Gasteiger partial charge < -0.3 is 20.1 Å². The van der Waals surface area contributed by atoms with Crippen molar-refractivity contribution < 1.29 is 9.59 Å². The fourth-order valence-electron chi connectivity index (χ4n) is 6.09. The number of rotatable bonds is 1. The lowest BCUT2D eigenvalue weighted by molar-refractivity contribution is -0.126. The number of carbonyl (C=O) groups excluding carboxylic acids is 2. The van der Waals surface area contributed by atoms with Crippen LogP contribution in [0, 0.1) is 0 Å². The number of likely N-dealkylation sites (N-methyl/N-ethyl adjacent to an activating group) is 1. The lowest BCUT2D eigenvalue weighted by atomic mass is 9.80. The van der Waals surface area contributed by atoms with Crippen molar-refractivity contribution in [2.24, 2.45) is 0 Å². The second-order valence-electron chi connectivity index (χ2n) is 9.30. The van der Waals surface area contributed by atoms with Crippen LogP contribution < -0.4 is 10.2 Å². The molecule has 1 aromatic heterocycles. The first-order valence-electron chi connectivity index (χ1n) is 11.7. The highest BCUT2D eigenvalue weighted by Gasteiger charge is 2.60. The van der Waals surface area contributed by atoms with Gasteiger partial charge in [-0.1, -0.05) is 55.7 Å². The zero-order valence-electron chi connectivity index (χ0n) is 18.4. The average Bonchev–Trinajstić information content (AvgIpc) is 3.31. The molecule has 6 heteroatoms. The van der Waals surface area contributed by atoms with Gasteiger partial charge in [-0.3, -0.25) is 4.79 Å². The van der Waals surface area contributed by atoms with E-state index in [9.17, 15) is 9.59 Å². The Morgan fingerprint density at radius 2 is 1.81 bits per heavy atom. The molecule has 164 valence electrons. The number of hydrogen-bond acceptors (Lipinski definition) is 2. The Hall–Kier alpha value is -3.28. The van der Waals surface area contributed by atoms with Crippen LogP contribution in [0.4, 0.5) is 10.5 Å². The summed E-state index contributed by atoms with van der Waals surface area (Å²) in [6.45, 7) is 0.501. The first-order chi connectivity index (χ1) is 15.6. The van der Waals surface area contributed by atoms with Gasteiger partial charge in [-0.25, -0.2) is 4.79 Å². The third-order valence-corrected chi connectivity index (χ3v) is 7.61. The number of aromatic nitrogens is 1. The molecule has 1 saturated carbocycles. The van der Waals surface area contributed by atoms with Gasteiger partial charge in [-0.05, 0) is 37.0 Å². The van der Waals surface area contributed by atoms with Crippen molar-refractivity contribution in [1.29, 1.82) is 0 Å². The number of para-hydroxylation sites is 2. The van der Waals surface area contributed by atoms with E-state index in [1.165, 1.54) is 6.42 Å². The summed E-state index contributed by atoms with van der Waals surface area (Å²) in [6.07, 6.45) is 6.26. The maximum Gasteiger partial charge on any atom is 0.319 e. The van der Waals surface area contributed by atoms with Gasteiger partial charge in [0.05, 0.1) is 5.69 Å². The molecule has 2 aromatic carbocycles. The van der Waals surface area contributed by atoms with Crippen molar-refractivity contribution in [1.82, 2.24) is 15.2 Å². The van der Waals surface area contributed by atoms with Crippen molar-refractivity contribution in [3.63, 3.8) is 0 Å². The van der Waals surface area contributed by atoms with Gasteiger partial charge in [0.1, 0.15) is 0 Å². The van der Waals surface area contributed by atoms with E-state index in [-0.39, 0.29) is 18.0 Å². The van der Waals surface area contributed by atoms with Crippen LogP contribution in [0.3, 0.4) is 0 Å². The molecule has 1 aliphatic carbocycles. The van der Waals surface area contributed by atoms with Gasteiger partial charge in [0.15, 0.2) is 5.54 Å².